The maximum Gasteiger partial charge on any atom is 0.258 e. The number of rotatable bonds is 3. The number of benzene rings is 2. The van der Waals surface area contributed by atoms with E-state index in [0.717, 1.165) is 6.42 Å². The minimum atomic E-state index is -3.43. The maximum absolute atomic E-state index is 12.4. The fourth-order valence-corrected chi connectivity index (χ4v) is 3.14. The second-order valence-corrected chi connectivity index (χ2v) is 6.12. The summed E-state index contributed by atoms with van der Waals surface area (Å²) in [6, 6.07) is 16.1. The Labute approximate surface area is 101 Å². The second-order valence-electron chi connectivity index (χ2n) is 3.93. The molecule has 0 radical (unpaired) electrons. The van der Waals surface area contributed by atoms with Gasteiger partial charge in [-0.3, -0.25) is 4.57 Å². The van der Waals surface area contributed by atoms with Gasteiger partial charge >= 0.3 is 0 Å². The Bertz CT molecular complexity index is 532. The number of hydrogen-bond donors (Lipinski definition) is 1. The summed E-state index contributed by atoms with van der Waals surface area (Å²) in [6.45, 7) is 2.06. The Morgan fingerprint density at radius 1 is 0.941 bits per heavy atom. The molecule has 2 nitrogen and oxygen atoms in total. The average Bonchev–Trinajstić information content (AvgIpc) is 2.40. The second kappa shape index (κ2) is 4.87. The van der Waals surface area contributed by atoms with Crippen LogP contribution in [0.1, 0.15) is 12.5 Å². The fourth-order valence-electron chi connectivity index (χ4n) is 1.71. The van der Waals surface area contributed by atoms with E-state index < -0.39 is 7.37 Å². The van der Waals surface area contributed by atoms with Gasteiger partial charge in [0.1, 0.15) is 0 Å². The molecule has 1 atom stereocenters. The first kappa shape index (κ1) is 12.1. The molecule has 1 unspecified atom stereocenters. The van der Waals surface area contributed by atoms with E-state index in [0.29, 0.717) is 10.6 Å². The Morgan fingerprint density at radius 3 is 2.00 bits per heavy atom. The van der Waals surface area contributed by atoms with Gasteiger partial charge in [-0.25, -0.2) is 0 Å². The molecule has 3 heteroatoms. The summed E-state index contributed by atoms with van der Waals surface area (Å²) < 4.78 is 12.4. The molecule has 0 aliphatic heterocycles. The number of aryl methyl sites for hydroxylation is 1. The van der Waals surface area contributed by atoms with Crippen molar-refractivity contribution in [2.75, 3.05) is 0 Å². The lowest BCUT2D eigenvalue weighted by atomic mass is 10.2. The van der Waals surface area contributed by atoms with Crippen LogP contribution < -0.4 is 10.6 Å². The normalized spacial score (nSPS) is 14.2. The summed E-state index contributed by atoms with van der Waals surface area (Å²) in [4.78, 5) is 10.2. The van der Waals surface area contributed by atoms with E-state index in [9.17, 15) is 9.46 Å². The van der Waals surface area contributed by atoms with Gasteiger partial charge < -0.3 is 4.89 Å². The monoisotopic (exact) mass is 246 g/mol. The first-order valence-corrected chi connectivity index (χ1v) is 7.28. The van der Waals surface area contributed by atoms with Gasteiger partial charge in [-0.15, -0.1) is 0 Å². The molecule has 0 aromatic heterocycles. The molecule has 0 saturated heterocycles. The molecule has 88 valence electrons. The van der Waals surface area contributed by atoms with Crippen LogP contribution in [0.4, 0.5) is 0 Å². The van der Waals surface area contributed by atoms with Crippen LogP contribution in [-0.4, -0.2) is 4.89 Å². The van der Waals surface area contributed by atoms with Crippen LogP contribution in [0, 0.1) is 0 Å². The van der Waals surface area contributed by atoms with Crippen molar-refractivity contribution >= 4 is 18.0 Å². The average molecular weight is 246 g/mol. The summed E-state index contributed by atoms with van der Waals surface area (Å²) in [5, 5.41) is 0.963. The Morgan fingerprint density at radius 2 is 1.47 bits per heavy atom. The van der Waals surface area contributed by atoms with Gasteiger partial charge in [0.2, 0.25) is 0 Å². The zero-order valence-corrected chi connectivity index (χ0v) is 10.6. The fraction of sp³-hybridized carbons (Fsp3) is 0.143. The zero-order chi connectivity index (χ0) is 12.3. The minimum absolute atomic E-state index is 0.476. The van der Waals surface area contributed by atoms with Crippen molar-refractivity contribution in [1.82, 2.24) is 0 Å². The Hall–Kier alpha value is -1.37. The van der Waals surface area contributed by atoms with Crippen LogP contribution in [0.5, 0.6) is 0 Å². The van der Waals surface area contributed by atoms with Crippen molar-refractivity contribution in [3.05, 3.63) is 60.2 Å². The third kappa shape index (κ3) is 2.49. The maximum atomic E-state index is 12.4. The highest BCUT2D eigenvalue weighted by molar-refractivity contribution is 7.73. The molecule has 0 spiro atoms. The highest BCUT2D eigenvalue weighted by atomic mass is 31.2. The van der Waals surface area contributed by atoms with Crippen molar-refractivity contribution < 1.29 is 9.46 Å². The molecule has 2 aromatic rings. The standard InChI is InChI=1S/C14H15O2P/c1-2-12-8-10-14(11-9-12)17(15,16)13-6-4-3-5-7-13/h3-11H,2H2,1H3,(H,15,16). The van der Waals surface area contributed by atoms with E-state index in [1.165, 1.54) is 5.56 Å². The van der Waals surface area contributed by atoms with E-state index in [1.807, 2.05) is 18.2 Å². The minimum Gasteiger partial charge on any atom is -0.338 e. The SMILES string of the molecule is CCc1ccc(P(=O)(O)c2ccccc2)cc1. The third-order valence-corrected chi connectivity index (χ3v) is 4.80. The highest BCUT2D eigenvalue weighted by Gasteiger charge is 2.23. The van der Waals surface area contributed by atoms with Crippen LogP contribution in [0.15, 0.2) is 54.6 Å². The van der Waals surface area contributed by atoms with Crippen molar-refractivity contribution in [2.24, 2.45) is 0 Å². The molecule has 17 heavy (non-hydrogen) atoms. The topological polar surface area (TPSA) is 37.3 Å². The van der Waals surface area contributed by atoms with Gasteiger partial charge in [-0.1, -0.05) is 37.3 Å². The summed E-state index contributed by atoms with van der Waals surface area (Å²) in [5.41, 5.74) is 1.17. The molecule has 2 aromatic carbocycles. The molecule has 0 amide bonds. The van der Waals surface area contributed by atoms with Gasteiger partial charge in [0.15, 0.2) is 0 Å². The summed E-state index contributed by atoms with van der Waals surface area (Å²) >= 11 is 0. The van der Waals surface area contributed by atoms with E-state index in [1.54, 1.807) is 36.4 Å². The van der Waals surface area contributed by atoms with Crippen molar-refractivity contribution in [3.8, 4) is 0 Å². The third-order valence-electron chi connectivity index (χ3n) is 2.80. The quantitative estimate of drug-likeness (QED) is 0.845. The lowest BCUT2D eigenvalue weighted by molar-refractivity contribution is 0.501. The lowest BCUT2D eigenvalue weighted by Crippen LogP contribution is -2.15. The summed E-state index contributed by atoms with van der Waals surface area (Å²) in [6.07, 6.45) is 0.932. The molecular weight excluding hydrogens is 231 g/mol. The predicted molar refractivity (Wildman–Crippen MR) is 71.4 cm³/mol. The van der Waals surface area contributed by atoms with Gasteiger partial charge in [-0.05, 0) is 36.2 Å². The van der Waals surface area contributed by atoms with Crippen LogP contribution >= 0.6 is 7.37 Å². The van der Waals surface area contributed by atoms with Crippen LogP contribution in [0.2, 0.25) is 0 Å². The first-order valence-electron chi connectivity index (χ1n) is 5.62. The largest absolute Gasteiger partial charge is 0.338 e. The molecule has 2 rings (SSSR count). The van der Waals surface area contributed by atoms with Crippen LogP contribution in [0.3, 0.4) is 0 Å². The predicted octanol–water partition coefficient (Wildman–Crippen LogP) is 2.47. The molecular formula is C14H15O2P. The zero-order valence-electron chi connectivity index (χ0n) is 9.71. The number of hydrogen-bond acceptors (Lipinski definition) is 1. The van der Waals surface area contributed by atoms with Gasteiger partial charge in [0, 0.05) is 10.6 Å². The van der Waals surface area contributed by atoms with Gasteiger partial charge in [-0.2, -0.15) is 0 Å². The summed E-state index contributed by atoms with van der Waals surface area (Å²) in [7, 11) is -3.43. The van der Waals surface area contributed by atoms with E-state index >= 15 is 0 Å². The molecule has 0 heterocycles. The Kier molecular flexibility index (Phi) is 3.46. The van der Waals surface area contributed by atoms with Gasteiger partial charge in [0.05, 0.1) is 0 Å². The van der Waals surface area contributed by atoms with Crippen LogP contribution in [0.25, 0.3) is 0 Å². The van der Waals surface area contributed by atoms with E-state index in [4.69, 9.17) is 0 Å². The molecule has 1 N–H and O–H groups in total. The molecule has 0 saturated carbocycles. The van der Waals surface area contributed by atoms with Crippen molar-refractivity contribution in [1.29, 1.82) is 0 Å². The molecule has 0 bridgehead atoms. The van der Waals surface area contributed by atoms with Crippen molar-refractivity contribution in [2.45, 2.75) is 13.3 Å². The van der Waals surface area contributed by atoms with Crippen LogP contribution in [-0.2, 0) is 11.0 Å². The van der Waals surface area contributed by atoms with E-state index in [2.05, 4.69) is 6.92 Å². The van der Waals surface area contributed by atoms with Gasteiger partial charge in [0.25, 0.3) is 7.37 Å². The molecule has 0 aliphatic carbocycles. The highest BCUT2D eigenvalue weighted by Crippen LogP contribution is 2.37. The van der Waals surface area contributed by atoms with E-state index in [-0.39, 0.29) is 0 Å². The molecule has 0 aliphatic rings. The lowest BCUT2D eigenvalue weighted by Gasteiger charge is -2.12. The Balaban J connectivity index is 2.41. The molecule has 0 fully saturated rings. The summed E-state index contributed by atoms with van der Waals surface area (Å²) in [5.74, 6) is 0. The van der Waals surface area contributed by atoms with Crippen molar-refractivity contribution in [3.63, 3.8) is 0 Å². The smallest absolute Gasteiger partial charge is 0.258 e. The first-order chi connectivity index (χ1) is 8.14.